The number of H-pyrrole nitrogens is 1. The standard InChI is InChI=1S/C13H24N4O/c1-5-17(4)7-6-14-13(18)12-9-11(15-16-12)8-10(2)3/h9-10H,5-8H2,1-4H3,(H,14,18)(H,15,16). The number of likely N-dealkylation sites (N-methyl/N-ethyl adjacent to an activating group) is 1. The minimum Gasteiger partial charge on any atom is -0.349 e. The van der Waals surface area contributed by atoms with Gasteiger partial charge in [0.2, 0.25) is 0 Å². The molecule has 1 amide bonds. The number of aromatic nitrogens is 2. The van der Waals surface area contributed by atoms with E-state index in [-0.39, 0.29) is 5.91 Å². The number of carbonyl (C=O) groups excluding carboxylic acids is 1. The van der Waals surface area contributed by atoms with E-state index in [1.165, 1.54) is 0 Å². The molecule has 0 spiro atoms. The Morgan fingerprint density at radius 3 is 2.89 bits per heavy atom. The van der Waals surface area contributed by atoms with Gasteiger partial charge in [-0.25, -0.2) is 0 Å². The van der Waals surface area contributed by atoms with E-state index in [4.69, 9.17) is 0 Å². The van der Waals surface area contributed by atoms with Gasteiger partial charge in [-0.3, -0.25) is 9.89 Å². The highest BCUT2D eigenvalue weighted by Crippen LogP contribution is 2.06. The number of carbonyl (C=O) groups is 1. The van der Waals surface area contributed by atoms with Crippen LogP contribution in [0.25, 0.3) is 0 Å². The molecule has 0 saturated heterocycles. The third-order valence-corrected chi connectivity index (χ3v) is 2.81. The molecule has 5 nitrogen and oxygen atoms in total. The molecule has 5 heteroatoms. The van der Waals surface area contributed by atoms with E-state index < -0.39 is 0 Å². The van der Waals surface area contributed by atoms with Gasteiger partial charge < -0.3 is 10.2 Å². The van der Waals surface area contributed by atoms with E-state index >= 15 is 0 Å². The molecular formula is C13H24N4O. The van der Waals surface area contributed by atoms with Crippen LogP contribution in [-0.4, -0.2) is 47.7 Å². The van der Waals surface area contributed by atoms with E-state index in [1.807, 2.05) is 13.1 Å². The van der Waals surface area contributed by atoms with Crippen molar-refractivity contribution >= 4 is 5.91 Å². The molecule has 0 saturated carbocycles. The van der Waals surface area contributed by atoms with Gasteiger partial charge >= 0.3 is 0 Å². The van der Waals surface area contributed by atoms with Crippen LogP contribution < -0.4 is 5.32 Å². The Kier molecular flexibility index (Phi) is 5.85. The van der Waals surface area contributed by atoms with E-state index in [0.29, 0.717) is 18.2 Å². The molecule has 0 aliphatic rings. The molecule has 0 atom stereocenters. The number of hydrogen-bond donors (Lipinski definition) is 2. The molecule has 0 aromatic carbocycles. The molecule has 18 heavy (non-hydrogen) atoms. The Hall–Kier alpha value is -1.36. The normalized spacial score (nSPS) is 11.2. The fraction of sp³-hybridized carbons (Fsp3) is 0.692. The molecule has 0 bridgehead atoms. The lowest BCUT2D eigenvalue weighted by molar-refractivity contribution is 0.0945. The topological polar surface area (TPSA) is 61.0 Å². The predicted octanol–water partition coefficient (Wildman–Crippen LogP) is 1.29. The Morgan fingerprint density at radius 1 is 1.56 bits per heavy atom. The summed E-state index contributed by atoms with van der Waals surface area (Å²) in [5, 5.41) is 9.81. The summed E-state index contributed by atoms with van der Waals surface area (Å²) in [4.78, 5) is 13.9. The Bertz CT molecular complexity index is 373. The van der Waals surface area contributed by atoms with Gasteiger partial charge in [-0.15, -0.1) is 0 Å². The van der Waals surface area contributed by atoms with Crippen molar-refractivity contribution in [3.8, 4) is 0 Å². The lowest BCUT2D eigenvalue weighted by Crippen LogP contribution is -2.33. The van der Waals surface area contributed by atoms with Crippen molar-refractivity contribution in [2.45, 2.75) is 27.2 Å². The zero-order valence-electron chi connectivity index (χ0n) is 11.8. The molecular weight excluding hydrogens is 228 g/mol. The summed E-state index contributed by atoms with van der Waals surface area (Å²) < 4.78 is 0. The maximum Gasteiger partial charge on any atom is 0.271 e. The molecule has 0 aliphatic heterocycles. The lowest BCUT2D eigenvalue weighted by Gasteiger charge is -2.13. The van der Waals surface area contributed by atoms with Crippen LogP contribution in [0.4, 0.5) is 0 Å². The first kappa shape index (κ1) is 14.7. The van der Waals surface area contributed by atoms with E-state index in [9.17, 15) is 4.79 Å². The highest BCUT2D eigenvalue weighted by atomic mass is 16.1. The molecule has 0 aliphatic carbocycles. The summed E-state index contributed by atoms with van der Waals surface area (Å²) in [7, 11) is 2.03. The van der Waals surface area contributed by atoms with Crippen molar-refractivity contribution in [2.75, 3.05) is 26.7 Å². The average Bonchev–Trinajstić information content (AvgIpc) is 2.76. The number of amides is 1. The van der Waals surface area contributed by atoms with Crippen LogP contribution in [0, 0.1) is 5.92 Å². The van der Waals surface area contributed by atoms with Crippen LogP contribution in [0.2, 0.25) is 0 Å². The van der Waals surface area contributed by atoms with Crippen molar-refractivity contribution in [3.05, 3.63) is 17.5 Å². The largest absolute Gasteiger partial charge is 0.349 e. The van der Waals surface area contributed by atoms with E-state index in [0.717, 1.165) is 25.2 Å². The fourth-order valence-corrected chi connectivity index (χ4v) is 1.63. The van der Waals surface area contributed by atoms with Gasteiger partial charge in [0.1, 0.15) is 5.69 Å². The average molecular weight is 252 g/mol. The summed E-state index contributed by atoms with van der Waals surface area (Å²) in [5.41, 5.74) is 1.49. The first-order valence-electron chi connectivity index (χ1n) is 6.54. The minimum atomic E-state index is -0.106. The summed E-state index contributed by atoms with van der Waals surface area (Å²) in [5.74, 6) is 0.449. The number of nitrogens with one attached hydrogen (secondary N) is 2. The van der Waals surface area contributed by atoms with Gasteiger partial charge in [-0.05, 0) is 32.0 Å². The fourth-order valence-electron chi connectivity index (χ4n) is 1.63. The second-order valence-electron chi connectivity index (χ2n) is 5.03. The van der Waals surface area contributed by atoms with Gasteiger partial charge in [0.25, 0.3) is 5.91 Å². The van der Waals surface area contributed by atoms with Gasteiger partial charge in [-0.1, -0.05) is 20.8 Å². The van der Waals surface area contributed by atoms with E-state index in [1.54, 1.807) is 0 Å². The summed E-state index contributed by atoms with van der Waals surface area (Å²) in [6.45, 7) is 8.86. The number of aromatic amines is 1. The summed E-state index contributed by atoms with van der Waals surface area (Å²) in [6.07, 6.45) is 0.916. The molecule has 102 valence electrons. The molecule has 1 rings (SSSR count). The molecule has 0 radical (unpaired) electrons. The highest BCUT2D eigenvalue weighted by molar-refractivity contribution is 5.92. The van der Waals surface area contributed by atoms with Crippen LogP contribution >= 0.6 is 0 Å². The molecule has 2 N–H and O–H groups in total. The van der Waals surface area contributed by atoms with Crippen molar-refractivity contribution < 1.29 is 4.79 Å². The zero-order valence-corrected chi connectivity index (χ0v) is 11.8. The molecule has 0 unspecified atom stereocenters. The van der Waals surface area contributed by atoms with Crippen molar-refractivity contribution in [2.24, 2.45) is 5.92 Å². The quantitative estimate of drug-likeness (QED) is 0.768. The number of nitrogens with zero attached hydrogens (tertiary/aromatic N) is 2. The maximum absolute atomic E-state index is 11.8. The second kappa shape index (κ2) is 7.16. The Balaban J connectivity index is 2.39. The third kappa shape index (κ3) is 4.87. The number of hydrogen-bond acceptors (Lipinski definition) is 3. The molecule has 1 aromatic rings. The monoisotopic (exact) mass is 252 g/mol. The van der Waals surface area contributed by atoms with Crippen LogP contribution in [0.3, 0.4) is 0 Å². The first-order valence-corrected chi connectivity index (χ1v) is 6.54. The van der Waals surface area contributed by atoms with Crippen LogP contribution in [-0.2, 0) is 6.42 Å². The Labute approximate surface area is 109 Å². The molecule has 1 heterocycles. The predicted molar refractivity (Wildman–Crippen MR) is 72.6 cm³/mol. The van der Waals surface area contributed by atoms with Gasteiger partial charge in [-0.2, -0.15) is 5.10 Å². The Morgan fingerprint density at radius 2 is 2.28 bits per heavy atom. The van der Waals surface area contributed by atoms with Crippen LogP contribution in [0.5, 0.6) is 0 Å². The smallest absolute Gasteiger partial charge is 0.271 e. The van der Waals surface area contributed by atoms with Crippen molar-refractivity contribution in [1.82, 2.24) is 20.4 Å². The molecule has 0 fully saturated rings. The van der Waals surface area contributed by atoms with Crippen molar-refractivity contribution in [1.29, 1.82) is 0 Å². The van der Waals surface area contributed by atoms with Crippen LogP contribution in [0.1, 0.15) is 37.0 Å². The zero-order chi connectivity index (χ0) is 13.5. The van der Waals surface area contributed by atoms with Crippen LogP contribution in [0.15, 0.2) is 6.07 Å². The maximum atomic E-state index is 11.8. The highest BCUT2D eigenvalue weighted by Gasteiger charge is 2.10. The van der Waals surface area contributed by atoms with E-state index in [2.05, 4.69) is 41.2 Å². The third-order valence-electron chi connectivity index (χ3n) is 2.81. The minimum absolute atomic E-state index is 0.106. The SMILES string of the molecule is CCN(C)CCNC(=O)c1cc(CC(C)C)[nH]n1. The summed E-state index contributed by atoms with van der Waals surface area (Å²) in [6, 6.07) is 1.83. The van der Waals surface area contributed by atoms with Gasteiger partial charge in [0, 0.05) is 18.8 Å². The van der Waals surface area contributed by atoms with Gasteiger partial charge in [0.05, 0.1) is 0 Å². The number of rotatable bonds is 7. The summed E-state index contributed by atoms with van der Waals surface area (Å²) >= 11 is 0. The lowest BCUT2D eigenvalue weighted by atomic mass is 10.1. The van der Waals surface area contributed by atoms with Gasteiger partial charge in [0.15, 0.2) is 0 Å². The molecule has 1 aromatic heterocycles. The second-order valence-corrected chi connectivity index (χ2v) is 5.03. The first-order chi connectivity index (χ1) is 8.52. The van der Waals surface area contributed by atoms with Crippen molar-refractivity contribution in [3.63, 3.8) is 0 Å².